The molecule has 0 spiro atoms. The number of unbranched alkanes of at least 4 members (excludes halogenated alkanes) is 1. The topological polar surface area (TPSA) is 70.7 Å². The van der Waals surface area contributed by atoms with Crippen molar-refractivity contribution >= 4 is 17.9 Å². The molecule has 1 aliphatic rings. The summed E-state index contributed by atoms with van der Waals surface area (Å²) in [6.45, 7) is 4.68. The third-order valence-corrected chi connectivity index (χ3v) is 4.79. The number of nitrogens with zero attached hydrogens (tertiary/aromatic N) is 1. The smallest absolute Gasteiger partial charge is 0.256 e. The molecule has 28 heavy (non-hydrogen) atoms. The number of carbonyl (C=O) groups is 2. The van der Waals surface area contributed by atoms with Crippen LogP contribution in [0.25, 0.3) is 0 Å². The van der Waals surface area contributed by atoms with Crippen LogP contribution in [0.3, 0.4) is 0 Å². The maximum absolute atomic E-state index is 13.8. The van der Waals surface area contributed by atoms with Crippen molar-refractivity contribution in [3.05, 3.63) is 41.4 Å². The molecule has 1 amide bonds. The number of benzene rings is 1. The fourth-order valence-corrected chi connectivity index (χ4v) is 3.23. The normalized spacial score (nSPS) is 17.2. The molecule has 1 aromatic carbocycles. The number of aldehydes is 1. The van der Waals surface area contributed by atoms with E-state index in [1.807, 2.05) is 6.92 Å². The summed E-state index contributed by atoms with van der Waals surface area (Å²) in [6, 6.07) is 4.52. The van der Waals surface area contributed by atoms with Gasteiger partial charge in [0, 0.05) is 44.7 Å². The van der Waals surface area contributed by atoms with Gasteiger partial charge in [-0.25, -0.2) is 4.39 Å². The highest BCUT2D eigenvalue weighted by Crippen LogP contribution is 2.23. The van der Waals surface area contributed by atoms with Crippen LogP contribution in [-0.4, -0.2) is 51.6 Å². The standard InChI is InChI=1S/C21H30FN3O3/c1-16-7-8-18(22)12-20(16)25(10-3-4-11-28-2)14-17(15-26)21(27)24-19-6-5-9-23-13-19/h7-8,12,14-15,19,23H,3-6,9-11,13H2,1-2H3,(H,24,27)/b17-14+/t19-/m1/s1. The summed E-state index contributed by atoms with van der Waals surface area (Å²) in [5.41, 5.74) is 1.54. The van der Waals surface area contributed by atoms with Gasteiger partial charge >= 0.3 is 0 Å². The van der Waals surface area contributed by atoms with Crippen LogP contribution in [0.5, 0.6) is 0 Å². The Labute approximate surface area is 166 Å². The van der Waals surface area contributed by atoms with Crippen LogP contribution in [0.2, 0.25) is 0 Å². The van der Waals surface area contributed by atoms with Gasteiger partial charge in [-0.05, 0) is 56.8 Å². The Balaban J connectivity index is 2.19. The molecule has 1 atom stereocenters. The maximum Gasteiger partial charge on any atom is 0.256 e. The van der Waals surface area contributed by atoms with Crippen LogP contribution in [-0.2, 0) is 14.3 Å². The second-order valence-electron chi connectivity index (χ2n) is 7.04. The zero-order chi connectivity index (χ0) is 20.4. The van der Waals surface area contributed by atoms with Crippen LogP contribution in [0, 0.1) is 12.7 Å². The van der Waals surface area contributed by atoms with Crippen LogP contribution >= 0.6 is 0 Å². The number of rotatable bonds is 10. The number of methoxy groups -OCH3 is 1. The SMILES string of the molecule is COCCCCN(/C=C(\C=O)C(=O)N[C@@H]1CCCNC1)c1cc(F)ccc1C. The van der Waals surface area contributed by atoms with E-state index in [0.29, 0.717) is 31.7 Å². The van der Waals surface area contributed by atoms with Gasteiger partial charge in [-0.3, -0.25) is 9.59 Å². The lowest BCUT2D eigenvalue weighted by Gasteiger charge is -2.25. The van der Waals surface area contributed by atoms with Crippen LogP contribution in [0.1, 0.15) is 31.2 Å². The molecule has 6 nitrogen and oxygen atoms in total. The number of amides is 1. The number of hydrogen-bond acceptors (Lipinski definition) is 5. The minimum atomic E-state index is -0.403. The number of aryl methyl sites for hydroxylation is 1. The number of piperidine rings is 1. The molecule has 1 aromatic rings. The Hall–Kier alpha value is -2.25. The molecule has 0 unspecified atom stereocenters. The number of carbonyl (C=O) groups excluding carboxylic acids is 2. The number of ether oxygens (including phenoxy) is 1. The molecule has 7 heteroatoms. The minimum Gasteiger partial charge on any atom is -0.385 e. The number of nitrogens with one attached hydrogen (secondary N) is 2. The van der Waals surface area contributed by atoms with E-state index in [4.69, 9.17) is 4.74 Å². The van der Waals surface area contributed by atoms with Gasteiger partial charge in [0.2, 0.25) is 0 Å². The zero-order valence-electron chi connectivity index (χ0n) is 16.7. The Morgan fingerprint density at radius 1 is 1.43 bits per heavy atom. The predicted octanol–water partition coefficient (Wildman–Crippen LogP) is 2.32. The van der Waals surface area contributed by atoms with Gasteiger partial charge in [0.15, 0.2) is 6.29 Å². The summed E-state index contributed by atoms with van der Waals surface area (Å²) in [6.07, 6.45) is 5.55. The largest absolute Gasteiger partial charge is 0.385 e. The van der Waals surface area contributed by atoms with E-state index in [0.717, 1.165) is 37.8 Å². The third-order valence-electron chi connectivity index (χ3n) is 4.79. The fourth-order valence-electron chi connectivity index (χ4n) is 3.23. The van der Waals surface area contributed by atoms with Gasteiger partial charge in [0.1, 0.15) is 5.82 Å². The van der Waals surface area contributed by atoms with Gasteiger partial charge in [-0.15, -0.1) is 0 Å². The molecule has 0 saturated carbocycles. The molecule has 0 bridgehead atoms. The first-order chi connectivity index (χ1) is 13.5. The van der Waals surface area contributed by atoms with E-state index >= 15 is 0 Å². The summed E-state index contributed by atoms with van der Waals surface area (Å²) in [7, 11) is 1.64. The Morgan fingerprint density at radius 3 is 2.93 bits per heavy atom. The maximum atomic E-state index is 13.8. The van der Waals surface area contributed by atoms with E-state index in [1.165, 1.54) is 18.3 Å². The second-order valence-corrected chi connectivity index (χ2v) is 7.04. The highest BCUT2D eigenvalue weighted by Gasteiger charge is 2.19. The molecule has 2 N–H and O–H groups in total. The average molecular weight is 391 g/mol. The van der Waals surface area contributed by atoms with Crippen molar-refractivity contribution in [3.8, 4) is 0 Å². The summed E-state index contributed by atoms with van der Waals surface area (Å²) in [4.78, 5) is 26.0. The first-order valence-electron chi connectivity index (χ1n) is 9.75. The Kier molecular flexibility index (Phi) is 9.10. The molecule has 1 aliphatic heterocycles. The van der Waals surface area contributed by atoms with Crippen molar-refractivity contribution in [3.63, 3.8) is 0 Å². The van der Waals surface area contributed by atoms with Gasteiger partial charge < -0.3 is 20.3 Å². The summed E-state index contributed by atoms with van der Waals surface area (Å²) in [5.74, 6) is -0.763. The third kappa shape index (κ3) is 6.73. The van der Waals surface area contributed by atoms with Crippen molar-refractivity contribution in [2.75, 3.05) is 38.3 Å². The van der Waals surface area contributed by atoms with Crippen LogP contribution < -0.4 is 15.5 Å². The Morgan fingerprint density at radius 2 is 2.25 bits per heavy atom. The van der Waals surface area contributed by atoms with Gasteiger partial charge in [-0.2, -0.15) is 0 Å². The molecule has 0 aromatic heterocycles. The molecule has 154 valence electrons. The fraction of sp³-hybridized carbons (Fsp3) is 0.524. The monoisotopic (exact) mass is 391 g/mol. The second kappa shape index (κ2) is 11.6. The van der Waals surface area contributed by atoms with Crippen molar-refractivity contribution < 1.29 is 18.7 Å². The zero-order valence-corrected chi connectivity index (χ0v) is 16.7. The van der Waals surface area contributed by atoms with Crippen LogP contribution in [0.4, 0.5) is 10.1 Å². The first kappa shape index (κ1) is 22.0. The van der Waals surface area contributed by atoms with E-state index in [2.05, 4.69) is 10.6 Å². The van der Waals surface area contributed by atoms with Crippen LogP contribution in [0.15, 0.2) is 30.0 Å². The molecule has 1 fully saturated rings. The molecule has 0 radical (unpaired) electrons. The summed E-state index contributed by atoms with van der Waals surface area (Å²) >= 11 is 0. The predicted molar refractivity (Wildman–Crippen MR) is 108 cm³/mol. The summed E-state index contributed by atoms with van der Waals surface area (Å²) < 4.78 is 18.9. The number of hydrogen-bond donors (Lipinski definition) is 2. The number of halogens is 1. The van der Waals surface area contributed by atoms with Gasteiger partial charge in [-0.1, -0.05) is 6.07 Å². The molecule has 1 saturated heterocycles. The lowest BCUT2D eigenvalue weighted by molar-refractivity contribution is -0.120. The van der Waals surface area contributed by atoms with E-state index < -0.39 is 5.91 Å². The first-order valence-corrected chi connectivity index (χ1v) is 9.75. The average Bonchev–Trinajstić information content (AvgIpc) is 2.70. The molecular formula is C21H30FN3O3. The van der Waals surface area contributed by atoms with E-state index in [9.17, 15) is 14.0 Å². The molecule has 0 aliphatic carbocycles. The molecule has 1 heterocycles. The highest BCUT2D eigenvalue weighted by molar-refractivity contribution is 6.10. The lowest BCUT2D eigenvalue weighted by Crippen LogP contribution is -2.46. The number of anilines is 1. The van der Waals surface area contributed by atoms with Gasteiger partial charge in [0.25, 0.3) is 5.91 Å². The summed E-state index contributed by atoms with van der Waals surface area (Å²) in [5, 5.41) is 6.14. The van der Waals surface area contributed by atoms with Crippen molar-refractivity contribution in [1.29, 1.82) is 0 Å². The van der Waals surface area contributed by atoms with E-state index in [1.54, 1.807) is 18.1 Å². The Bertz CT molecular complexity index is 687. The van der Waals surface area contributed by atoms with Crippen molar-refractivity contribution in [2.45, 2.75) is 38.6 Å². The quantitative estimate of drug-likeness (QED) is 0.211. The lowest BCUT2D eigenvalue weighted by atomic mass is 10.1. The van der Waals surface area contributed by atoms with E-state index in [-0.39, 0.29) is 17.4 Å². The highest BCUT2D eigenvalue weighted by atomic mass is 19.1. The van der Waals surface area contributed by atoms with Crippen molar-refractivity contribution in [1.82, 2.24) is 10.6 Å². The molecular weight excluding hydrogens is 361 g/mol. The molecule has 2 rings (SSSR count). The van der Waals surface area contributed by atoms with Crippen molar-refractivity contribution in [2.24, 2.45) is 0 Å². The van der Waals surface area contributed by atoms with Gasteiger partial charge in [0.05, 0.1) is 5.57 Å². The minimum absolute atomic E-state index is 0.00987.